The second kappa shape index (κ2) is 6.70. The van der Waals surface area contributed by atoms with Crippen LogP contribution in [-0.4, -0.2) is 18.0 Å². The Bertz CT molecular complexity index is 889. The maximum absolute atomic E-state index is 13.6. The van der Waals surface area contributed by atoms with E-state index >= 15 is 0 Å². The van der Waals surface area contributed by atoms with Gasteiger partial charge in [0, 0.05) is 25.1 Å². The van der Waals surface area contributed by atoms with Gasteiger partial charge in [-0.05, 0) is 36.2 Å². The van der Waals surface area contributed by atoms with Crippen LogP contribution in [-0.2, 0) is 11.2 Å². The lowest BCUT2D eigenvalue weighted by atomic mass is 10.1. The molecule has 0 saturated carbocycles. The number of hydrogen-bond donors (Lipinski definition) is 1. The van der Waals surface area contributed by atoms with Crippen molar-refractivity contribution in [1.82, 2.24) is 4.98 Å². The molecule has 3 aromatic rings. The van der Waals surface area contributed by atoms with E-state index in [4.69, 9.17) is 9.15 Å². The molecule has 0 fully saturated rings. The Balaban J connectivity index is 1.61. The standard InChI is InChI=1S/C18H17FN2O3/c1-11-20-15-6-5-13(10-17(15)24-11)21-18(22)8-4-12-3-7-16(23-2)14(19)9-12/h3,5-7,9-10H,4,8H2,1-2H3,(H,21,22). The van der Waals surface area contributed by atoms with Crippen molar-refractivity contribution in [3.8, 4) is 5.75 Å². The van der Waals surface area contributed by atoms with Gasteiger partial charge in [-0.1, -0.05) is 6.07 Å². The normalized spacial score (nSPS) is 10.8. The fourth-order valence-corrected chi connectivity index (χ4v) is 2.46. The first-order chi connectivity index (χ1) is 11.5. The molecule has 0 aliphatic rings. The lowest BCUT2D eigenvalue weighted by molar-refractivity contribution is -0.116. The molecule has 124 valence electrons. The lowest BCUT2D eigenvalue weighted by Gasteiger charge is -2.07. The topological polar surface area (TPSA) is 64.4 Å². The highest BCUT2D eigenvalue weighted by atomic mass is 19.1. The molecular formula is C18H17FN2O3. The van der Waals surface area contributed by atoms with E-state index in [1.54, 1.807) is 37.3 Å². The Hall–Kier alpha value is -2.89. The van der Waals surface area contributed by atoms with Gasteiger partial charge >= 0.3 is 0 Å². The quantitative estimate of drug-likeness (QED) is 0.772. The van der Waals surface area contributed by atoms with Gasteiger partial charge < -0.3 is 14.5 Å². The number of nitrogens with zero attached hydrogens (tertiary/aromatic N) is 1. The largest absolute Gasteiger partial charge is 0.494 e. The summed E-state index contributed by atoms with van der Waals surface area (Å²) in [6.07, 6.45) is 0.690. The predicted octanol–water partition coefficient (Wildman–Crippen LogP) is 3.86. The molecule has 24 heavy (non-hydrogen) atoms. The van der Waals surface area contributed by atoms with E-state index in [1.807, 2.05) is 0 Å². The van der Waals surface area contributed by atoms with Crippen LogP contribution in [0.3, 0.4) is 0 Å². The monoisotopic (exact) mass is 328 g/mol. The number of amides is 1. The second-order valence-electron chi connectivity index (χ2n) is 5.43. The summed E-state index contributed by atoms with van der Waals surface area (Å²) in [6.45, 7) is 1.77. The van der Waals surface area contributed by atoms with Crippen LogP contribution < -0.4 is 10.1 Å². The van der Waals surface area contributed by atoms with Gasteiger partial charge in [0.1, 0.15) is 5.52 Å². The minimum absolute atomic E-state index is 0.151. The van der Waals surface area contributed by atoms with Gasteiger partial charge in [-0.15, -0.1) is 0 Å². The SMILES string of the molecule is COc1ccc(CCC(=O)Nc2ccc3nc(C)oc3c2)cc1F. The molecule has 3 rings (SSSR count). The van der Waals surface area contributed by atoms with Crippen molar-refractivity contribution in [2.24, 2.45) is 0 Å². The molecule has 0 saturated heterocycles. The third kappa shape index (κ3) is 3.53. The van der Waals surface area contributed by atoms with Crippen LogP contribution >= 0.6 is 0 Å². The van der Waals surface area contributed by atoms with Crippen LogP contribution in [0.4, 0.5) is 10.1 Å². The molecule has 1 heterocycles. The van der Waals surface area contributed by atoms with Crippen LogP contribution in [0.15, 0.2) is 40.8 Å². The van der Waals surface area contributed by atoms with Crippen molar-refractivity contribution in [3.63, 3.8) is 0 Å². The fourth-order valence-electron chi connectivity index (χ4n) is 2.46. The summed E-state index contributed by atoms with van der Waals surface area (Å²) in [5.41, 5.74) is 2.76. The van der Waals surface area contributed by atoms with Gasteiger partial charge in [0.05, 0.1) is 7.11 Å². The summed E-state index contributed by atoms with van der Waals surface area (Å²) < 4.78 is 23.9. The molecule has 1 N–H and O–H groups in total. The van der Waals surface area contributed by atoms with Crippen molar-refractivity contribution < 1.29 is 18.3 Å². The molecule has 0 atom stereocenters. The molecule has 1 aromatic heterocycles. The Morgan fingerprint density at radius 3 is 2.88 bits per heavy atom. The summed E-state index contributed by atoms with van der Waals surface area (Å²) in [6, 6.07) is 9.99. The summed E-state index contributed by atoms with van der Waals surface area (Å²) >= 11 is 0. The molecule has 0 bridgehead atoms. The van der Waals surface area contributed by atoms with Crippen LogP contribution in [0, 0.1) is 12.7 Å². The van der Waals surface area contributed by atoms with E-state index in [9.17, 15) is 9.18 Å². The highest BCUT2D eigenvalue weighted by Crippen LogP contribution is 2.21. The van der Waals surface area contributed by atoms with Crippen molar-refractivity contribution in [2.75, 3.05) is 12.4 Å². The fraction of sp³-hybridized carbons (Fsp3) is 0.222. The average molecular weight is 328 g/mol. The number of carbonyl (C=O) groups is 1. The maximum atomic E-state index is 13.6. The van der Waals surface area contributed by atoms with Gasteiger partial charge in [0.2, 0.25) is 5.91 Å². The smallest absolute Gasteiger partial charge is 0.224 e. The minimum atomic E-state index is -0.429. The second-order valence-corrected chi connectivity index (χ2v) is 5.43. The zero-order chi connectivity index (χ0) is 17.1. The Morgan fingerprint density at radius 1 is 1.29 bits per heavy atom. The highest BCUT2D eigenvalue weighted by molar-refractivity contribution is 5.92. The number of benzene rings is 2. The number of ether oxygens (including phenoxy) is 1. The third-order valence-electron chi connectivity index (χ3n) is 3.64. The zero-order valence-electron chi connectivity index (χ0n) is 13.4. The Morgan fingerprint density at radius 2 is 2.12 bits per heavy atom. The number of halogens is 1. The first kappa shape index (κ1) is 16.0. The van der Waals surface area contributed by atoms with Crippen LogP contribution in [0.5, 0.6) is 5.75 Å². The van der Waals surface area contributed by atoms with E-state index < -0.39 is 5.82 Å². The van der Waals surface area contributed by atoms with Crippen molar-refractivity contribution in [1.29, 1.82) is 0 Å². The first-order valence-corrected chi connectivity index (χ1v) is 7.54. The average Bonchev–Trinajstić information content (AvgIpc) is 2.92. The molecule has 0 spiro atoms. The molecular weight excluding hydrogens is 311 g/mol. The van der Waals surface area contributed by atoms with E-state index in [0.29, 0.717) is 23.6 Å². The molecule has 0 unspecified atom stereocenters. The first-order valence-electron chi connectivity index (χ1n) is 7.54. The minimum Gasteiger partial charge on any atom is -0.494 e. The Labute approximate surface area is 138 Å². The lowest BCUT2D eigenvalue weighted by Crippen LogP contribution is -2.12. The molecule has 0 aliphatic carbocycles. The molecule has 0 radical (unpaired) electrons. The van der Waals surface area contributed by atoms with Gasteiger partial charge in [-0.25, -0.2) is 9.37 Å². The number of oxazole rings is 1. The summed E-state index contributed by atoms with van der Waals surface area (Å²) in [7, 11) is 1.42. The van der Waals surface area contributed by atoms with Crippen LogP contribution in [0.25, 0.3) is 11.1 Å². The van der Waals surface area contributed by atoms with E-state index in [0.717, 1.165) is 11.1 Å². The number of nitrogens with one attached hydrogen (secondary N) is 1. The third-order valence-corrected chi connectivity index (χ3v) is 3.64. The van der Waals surface area contributed by atoms with Gasteiger partial charge in [0.15, 0.2) is 23.0 Å². The number of aromatic nitrogens is 1. The maximum Gasteiger partial charge on any atom is 0.224 e. The summed E-state index contributed by atoms with van der Waals surface area (Å²) in [5, 5.41) is 2.81. The van der Waals surface area contributed by atoms with Crippen LogP contribution in [0.1, 0.15) is 17.9 Å². The molecule has 5 nitrogen and oxygen atoms in total. The van der Waals surface area contributed by atoms with Gasteiger partial charge in [0.25, 0.3) is 0 Å². The van der Waals surface area contributed by atoms with Crippen molar-refractivity contribution >= 4 is 22.7 Å². The van der Waals surface area contributed by atoms with Gasteiger partial charge in [-0.2, -0.15) is 0 Å². The van der Waals surface area contributed by atoms with Crippen LogP contribution in [0.2, 0.25) is 0 Å². The highest BCUT2D eigenvalue weighted by Gasteiger charge is 2.08. The number of rotatable bonds is 5. The van der Waals surface area contributed by atoms with E-state index in [2.05, 4.69) is 10.3 Å². The zero-order valence-corrected chi connectivity index (χ0v) is 13.4. The Kier molecular flexibility index (Phi) is 4.46. The van der Waals surface area contributed by atoms with E-state index in [1.165, 1.54) is 13.2 Å². The van der Waals surface area contributed by atoms with E-state index in [-0.39, 0.29) is 18.1 Å². The van der Waals surface area contributed by atoms with Gasteiger partial charge in [-0.3, -0.25) is 4.79 Å². The summed E-state index contributed by atoms with van der Waals surface area (Å²) in [5.74, 6) is 0.192. The van der Waals surface area contributed by atoms with Crippen molar-refractivity contribution in [3.05, 3.63) is 53.7 Å². The number of hydrogen-bond acceptors (Lipinski definition) is 4. The molecule has 6 heteroatoms. The van der Waals surface area contributed by atoms with Crippen molar-refractivity contribution in [2.45, 2.75) is 19.8 Å². The number of carbonyl (C=O) groups excluding carboxylic acids is 1. The summed E-state index contributed by atoms with van der Waals surface area (Å²) in [4.78, 5) is 16.3. The number of anilines is 1. The molecule has 1 amide bonds. The number of fused-ring (bicyclic) bond motifs is 1. The predicted molar refractivity (Wildman–Crippen MR) is 88.6 cm³/mol. The number of methoxy groups -OCH3 is 1. The number of aryl methyl sites for hydroxylation is 2. The molecule has 2 aromatic carbocycles. The molecule has 0 aliphatic heterocycles.